The summed E-state index contributed by atoms with van der Waals surface area (Å²) in [6.07, 6.45) is 13.0. The number of carboxylic acid groups (broad SMARTS) is 1. The lowest BCUT2D eigenvalue weighted by Crippen LogP contribution is -2.45. The van der Waals surface area contributed by atoms with Crippen LogP contribution in [-0.2, 0) is 20.6 Å². The summed E-state index contributed by atoms with van der Waals surface area (Å²) in [6, 6.07) is 10.2. The quantitative estimate of drug-likeness (QED) is 0.155. The van der Waals surface area contributed by atoms with E-state index in [1.54, 1.807) is 0 Å². The van der Waals surface area contributed by atoms with Crippen molar-refractivity contribution in [2.24, 2.45) is 0 Å². The van der Waals surface area contributed by atoms with E-state index in [0.717, 1.165) is 18.4 Å². The van der Waals surface area contributed by atoms with Crippen LogP contribution in [0.3, 0.4) is 0 Å². The normalized spacial score (nSPS) is 14.2. The lowest BCUT2D eigenvalue weighted by Gasteiger charge is -2.39. The molecule has 0 bridgehead atoms. The van der Waals surface area contributed by atoms with Crippen molar-refractivity contribution in [1.29, 1.82) is 0 Å². The van der Waals surface area contributed by atoms with Crippen LogP contribution in [0.15, 0.2) is 30.3 Å². The van der Waals surface area contributed by atoms with Gasteiger partial charge >= 0.3 is 5.97 Å². The van der Waals surface area contributed by atoms with Crippen molar-refractivity contribution in [2.45, 2.75) is 142 Å². The molecule has 0 saturated carbocycles. The fraction of sp³-hybridized carbons (Fsp3) is 0.759. The van der Waals surface area contributed by atoms with E-state index in [1.807, 2.05) is 18.2 Å². The highest BCUT2D eigenvalue weighted by Crippen LogP contribution is 2.38. The van der Waals surface area contributed by atoms with Crippen molar-refractivity contribution in [3.63, 3.8) is 0 Å². The van der Waals surface area contributed by atoms with Gasteiger partial charge in [-0.2, -0.15) is 0 Å². The third kappa shape index (κ3) is 13.6. The van der Waals surface area contributed by atoms with E-state index in [9.17, 15) is 9.90 Å². The molecule has 0 heterocycles. The van der Waals surface area contributed by atoms with E-state index >= 15 is 0 Å². The van der Waals surface area contributed by atoms with Gasteiger partial charge in [-0.15, -0.1) is 0 Å². The maximum absolute atomic E-state index is 11.6. The monoisotopic (exact) mass is 492 g/mol. The van der Waals surface area contributed by atoms with Gasteiger partial charge in [0.05, 0.1) is 25.2 Å². The topological polar surface area (TPSA) is 55.8 Å². The molecule has 0 fully saturated rings. The summed E-state index contributed by atoms with van der Waals surface area (Å²) in [4.78, 5) is 11.6. The van der Waals surface area contributed by atoms with E-state index in [2.05, 4.69) is 52.9 Å². The maximum Gasteiger partial charge on any atom is 0.305 e. The highest BCUT2D eigenvalue weighted by molar-refractivity contribution is 6.74. The van der Waals surface area contributed by atoms with Crippen molar-refractivity contribution >= 4 is 14.3 Å². The fourth-order valence-electron chi connectivity index (χ4n) is 3.99. The first kappa shape index (κ1) is 30.9. The lowest BCUT2D eigenvalue weighted by atomic mass is 10.0. The Bertz CT molecular complexity index is 654. The van der Waals surface area contributed by atoms with E-state index in [-0.39, 0.29) is 23.7 Å². The molecule has 34 heavy (non-hydrogen) atoms. The highest BCUT2D eigenvalue weighted by Gasteiger charge is 2.40. The van der Waals surface area contributed by atoms with Crippen LogP contribution in [0.5, 0.6) is 0 Å². The molecule has 196 valence electrons. The molecule has 0 spiro atoms. The first-order valence-electron chi connectivity index (χ1n) is 13.6. The van der Waals surface area contributed by atoms with Gasteiger partial charge in [0.1, 0.15) is 0 Å². The Balaban J connectivity index is 2.67. The fourth-order valence-corrected chi connectivity index (χ4v) is 5.36. The first-order chi connectivity index (χ1) is 16.0. The molecule has 2 atom stereocenters. The Kier molecular flexibility index (Phi) is 15.0. The van der Waals surface area contributed by atoms with Crippen LogP contribution < -0.4 is 0 Å². The van der Waals surface area contributed by atoms with Crippen LogP contribution in [0, 0.1) is 0 Å². The van der Waals surface area contributed by atoms with Crippen LogP contribution in [0.1, 0.15) is 110 Å². The van der Waals surface area contributed by atoms with Gasteiger partial charge in [-0.3, -0.25) is 4.79 Å². The zero-order valence-corrected chi connectivity index (χ0v) is 23.9. The minimum absolute atomic E-state index is 0.0129. The second-order valence-electron chi connectivity index (χ2n) is 11.4. The molecule has 0 unspecified atom stereocenters. The third-order valence-corrected chi connectivity index (χ3v) is 11.7. The van der Waals surface area contributed by atoms with Crippen molar-refractivity contribution in [3.8, 4) is 0 Å². The highest BCUT2D eigenvalue weighted by atomic mass is 28.4. The van der Waals surface area contributed by atoms with Crippen LogP contribution in [-0.4, -0.2) is 31.6 Å². The Morgan fingerprint density at radius 3 is 2.00 bits per heavy atom. The number of rotatable bonds is 19. The molecule has 0 aliphatic carbocycles. The summed E-state index contributed by atoms with van der Waals surface area (Å²) >= 11 is 0. The summed E-state index contributed by atoms with van der Waals surface area (Å²) in [5, 5.41) is 9.59. The molecule has 1 rings (SSSR count). The molecule has 0 amide bonds. The van der Waals surface area contributed by atoms with E-state index in [0.29, 0.717) is 13.0 Å². The lowest BCUT2D eigenvalue weighted by molar-refractivity contribution is -0.139. The number of unbranched alkanes of at least 4 members (excludes halogenated alkanes) is 8. The van der Waals surface area contributed by atoms with Gasteiger partial charge in [-0.25, -0.2) is 0 Å². The minimum Gasteiger partial charge on any atom is -0.481 e. The van der Waals surface area contributed by atoms with Crippen LogP contribution in [0.25, 0.3) is 0 Å². The van der Waals surface area contributed by atoms with Gasteiger partial charge in [0.2, 0.25) is 0 Å². The van der Waals surface area contributed by atoms with Gasteiger partial charge in [0, 0.05) is 0 Å². The summed E-state index contributed by atoms with van der Waals surface area (Å²) in [5.41, 5.74) is 1.15. The maximum atomic E-state index is 11.6. The second-order valence-corrected chi connectivity index (χ2v) is 16.1. The summed E-state index contributed by atoms with van der Waals surface area (Å²) < 4.78 is 12.9. The van der Waals surface area contributed by atoms with Crippen molar-refractivity contribution in [2.75, 3.05) is 0 Å². The number of aliphatic carboxylic acids is 1. The molecule has 0 aromatic heterocycles. The zero-order valence-electron chi connectivity index (χ0n) is 22.9. The molecule has 0 aliphatic heterocycles. The minimum atomic E-state index is -2.07. The number of carboxylic acids is 1. The number of hydrogen-bond acceptors (Lipinski definition) is 3. The van der Waals surface area contributed by atoms with Crippen molar-refractivity contribution in [1.82, 2.24) is 0 Å². The molecule has 0 aliphatic rings. The largest absolute Gasteiger partial charge is 0.481 e. The van der Waals surface area contributed by atoms with Gasteiger partial charge in [0.15, 0.2) is 8.32 Å². The van der Waals surface area contributed by atoms with E-state index in [1.165, 1.54) is 51.4 Å². The predicted molar refractivity (Wildman–Crippen MR) is 146 cm³/mol. The molecule has 0 saturated heterocycles. The van der Waals surface area contributed by atoms with Crippen molar-refractivity contribution in [3.05, 3.63) is 35.9 Å². The molecule has 1 N–H and O–H groups in total. The van der Waals surface area contributed by atoms with E-state index in [4.69, 9.17) is 9.16 Å². The summed E-state index contributed by atoms with van der Waals surface area (Å²) in [7, 11) is -2.07. The Labute approximate surface area is 211 Å². The van der Waals surface area contributed by atoms with Gasteiger partial charge in [0.25, 0.3) is 0 Å². The van der Waals surface area contributed by atoms with Crippen LogP contribution in [0.2, 0.25) is 18.1 Å². The molecule has 5 heteroatoms. The Morgan fingerprint density at radius 1 is 0.912 bits per heavy atom. The molecule has 0 radical (unpaired) electrons. The van der Waals surface area contributed by atoms with Gasteiger partial charge in [-0.05, 0) is 36.5 Å². The van der Waals surface area contributed by atoms with Crippen LogP contribution >= 0.6 is 0 Å². The second kappa shape index (κ2) is 16.5. The number of ether oxygens (including phenoxy) is 1. The molecular formula is C29H52O4Si. The summed E-state index contributed by atoms with van der Waals surface area (Å²) in [6.45, 7) is 13.8. The predicted octanol–water partition coefficient (Wildman–Crippen LogP) is 8.75. The first-order valence-corrected chi connectivity index (χ1v) is 16.5. The number of hydrogen-bond donors (Lipinski definition) is 1. The Morgan fingerprint density at radius 2 is 1.47 bits per heavy atom. The standard InChI is InChI=1S/C29H52O4Si/c1-7-8-9-10-11-12-13-14-18-21-26(32-24-25-19-16-15-17-20-25)22-27(23-28(30)31)33-34(5,6)29(2,3)4/h15-17,19-20,26-27H,7-14,18,21-24H2,1-6H3,(H,30,31)/t26-,27+/m1/s1. The van der Waals surface area contributed by atoms with Crippen molar-refractivity contribution < 1.29 is 19.1 Å². The van der Waals surface area contributed by atoms with Gasteiger partial charge < -0.3 is 14.3 Å². The molecular weight excluding hydrogens is 440 g/mol. The average Bonchev–Trinajstić information content (AvgIpc) is 2.75. The smallest absolute Gasteiger partial charge is 0.305 e. The number of benzene rings is 1. The SMILES string of the molecule is CCCCCCCCCCC[C@H](C[C@@H](CC(=O)O)O[Si](C)(C)C(C)(C)C)OCc1ccccc1. The number of carbonyl (C=O) groups is 1. The molecule has 4 nitrogen and oxygen atoms in total. The van der Waals surface area contributed by atoms with E-state index < -0.39 is 14.3 Å². The summed E-state index contributed by atoms with van der Waals surface area (Å²) in [5.74, 6) is -0.798. The third-order valence-electron chi connectivity index (χ3n) is 7.15. The zero-order chi connectivity index (χ0) is 25.5. The average molecular weight is 493 g/mol. The van der Waals surface area contributed by atoms with Gasteiger partial charge in [-0.1, -0.05) is 116 Å². The van der Waals surface area contributed by atoms with Crippen LogP contribution in [0.4, 0.5) is 0 Å². The molecule has 1 aromatic carbocycles. The Hall–Kier alpha value is -1.17. The molecule has 1 aromatic rings.